The van der Waals surface area contributed by atoms with Gasteiger partial charge in [0, 0.05) is 19.1 Å². The summed E-state index contributed by atoms with van der Waals surface area (Å²) in [6.07, 6.45) is 1.60. The van der Waals surface area contributed by atoms with Crippen molar-refractivity contribution in [1.82, 2.24) is 10.2 Å². The maximum Gasteiger partial charge on any atom is 0.237 e. The van der Waals surface area contributed by atoms with Crippen LogP contribution in [0.1, 0.15) is 19.6 Å². The van der Waals surface area contributed by atoms with E-state index >= 15 is 0 Å². The van der Waals surface area contributed by atoms with Crippen molar-refractivity contribution >= 4 is 5.91 Å². The molecule has 0 aromatic carbocycles. The molecule has 2 rings (SSSR count). The highest BCUT2D eigenvalue weighted by atomic mass is 16.5. The molecule has 1 aliphatic rings. The number of morpholine rings is 1. The Morgan fingerprint density at radius 2 is 2.45 bits per heavy atom. The van der Waals surface area contributed by atoms with Crippen LogP contribution < -0.4 is 11.1 Å². The molecule has 0 aliphatic carbocycles. The molecular formula is C14H23N3O3. The summed E-state index contributed by atoms with van der Waals surface area (Å²) in [4.78, 5) is 14.3. The highest BCUT2D eigenvalue weighted by Gasteiger charge is 2.31. The van der Waals surface area contributed by atoms with Crippen LogP contribution >= 0.6 is 0 Å². The van der Waals surface area contributed by atoms with Gasteiger partial charge in [0.05, 0.1) is 31.6 Å². The molecule has 20 heavy (non-hydrogen) atoms. The fraction of sp³-hybridized carbons (Fsp3) is 0.643. The standard InChI is InChI=1S/C14H23N3O3/c1-10-9-20-13(6-15)8-17(10)11(2)14(18)16-7-12-4-3-5-19-12/h3-5,10-11,13H,6-9,15H2,1-2H3,(H,16,18). The average Bonchev–Trinajstić information content (AvgIpc) is 2.98. The first-order valence-corrected chi connectivity index (χ1v) is 6.99. The summed E-state index contributed by atoms with van der Waals surface area (Å²) in [5, 5.41) is 2.89. The van der Waals surface area contributed by atoms with Crippen LogP contribution in [-0.2, 0) is 16.1 Å². The number of rotatable bonds is 5. The second kappa shape index (κ2) is 6.88. The summed E-state index contributed by atoms with van der Waals surface area (Å²) in [5.41, 5.74) is 5.65. The van der Waals surface area contributed by atoms with Crippen molar-refractivity contribution in [3.63, 3.8) is 0 Å². The van der Waals surface area contributed by atoms with E-state index in [0.29, 0.717) is 26.2 Å². The SMILES string of the molecule is CC1COC(CN)CN1C(C)C(=O)NCc1ccco1. The van der Waals surface area contributed by atoms with Gasteiger partial charge >= 0.3 is 0 Å². The van der Waals surface area contributed by atoms with E-state index in [0.717, 1.165) is 5.76 Å². The highest BCUT2D eigenvalue weighted by Crippen LogP contribution is 2.15. The predicted octanol–water partition coefficient (Wildman–Crippen LogP) is 0.332. The van der Waals surface area contributed by atoms with E-state index in [1.807, 2.05) is 13.0 Å². The van der Waals surface area contributed by atoms with E-state index in [1.165, 1.54) is 0 Å². The summed E-state index contributed by atoms with van der Waals surface area (Å²) in [6, 6.07) is 3.65. The van der Waals surface area contributed by atoms with Crippen LogP contribution in [0.3, 0.4) is 0 Å². The molecule has 6 heteroatoms. The fourth-order valence-electron chi connectivity index (χ4n) is 2.41. The molecule has 2 heterocycles. The quantitative estimate of drug-likeness (QED) is 0.813. The van der Waals surface area contributed by atoms with Crippen LogP contribution in [0.25, 0.3) is 0 Å². The van der Waals surface area contributed by atoms with Gasteiger partial charge in [0.1, 0.15) is 5.76 Å². The van der Waals surface area contributed by atoms with Gasteiger partial charge in [-0.15, -0.1) is 0 Å². The van der Waals surface area contributed by atoms with Crippen molar-refractivity contribution in [3.05, 3.63) is 24.2 Å². The molecule has 1 aliphatic heterocycles. The summed E-state index contributed by atoms with van der Waals surface area (Å²) in [5.74, 6) is 0.742. The van der Waals surface area contributed by atoms with Crippen molar-refractivity contribution in [2.45, 2.75) is 38.6 Å². The topological polar surface area (TPSA) is 80.7 Å². The Morgan fingerprint density at radius 1 is 1.65 bits per heavy atom. The average molecular weight is 281 g/mol. The first-order valence-electron chi connectivity index (χ1n) is 6.99. The highest BCUT2D eigenvalue weighted by molar-refractivity contribution is 5.81. The van der Waals surface area contributed by atoms with Crippen LogP contribution in [0.5, 0.6) is 0 Å². The lowest BCUT2D eigenvalue weighted by Crippen LogP contribution is -2.57. The number of furan rings is 1. The molecule has 3 atom stereocenters. The minimum atomic E-state index is -0.210. The fourth-order valence-corrected chi connectivity index (χ4v) is 2.41. The van der Waals surface area contributed by atoms with Crippen LogP contribution in [0.2, 0.25) is 0 Å². The third-order valence-electron chi connectivity index (χ3n) is 3.71. The molecule has 1 saturated heterocycles. The summed E-state index contributed by atoms with van der Waals surface area (Å²) in [7, 11) is 0. The van der Waals surface area contributed by atoms with Gasteiger partial charge in [-0.3, -0.25) is 9.69 Å². The van der Waals surface area contributed by atoms with Gasteiger partial charge in [-0.05, 0) is 26.0 Å². The molecule has 1 aromatic rings. The number of amides is 1. The number of nitrogens with one attached hydrogen (secondary N) is 1. The van der Waals surface area contributed by atoms with E-state index in [-0.39, 0.29) is 24.1 Å². The number of carbonyl (C=O) groups excluding carboxylic acids is 1. The summed E-state index contributed by atoms with van der Waals surface area (Å²) >= 11 is 0. The van der Waals surface area contributed by atoms with Crippen molar-refractivity contribution in [2.75, 3.05) is 19.7 Å². The zero-order valence-electron chi connectivity index (χ0n) is 12.0. The molecule has 0 saturated carbocycles. The number of nitrogens with two attached hydrogens (primary N) is 1. The maximum absolute atomic E-state index is 12.2. The van der Waals surface area contributed by atoms with E-state index in [4.69, 9.17) is 14.9 Å². The van der Waals surface area contributed by atoms with Gasteiger partial charge < -0.3 is 20.2 Å². The molecule has 112 valence electrons. The Morgan fingerprint density at radius 3 is 3.10 bits per heavy atom. The van der Waals surface area contributed by atoms with Crippen LogP contribution in [0, 0.1) is 0 Å². The Hall–Kier alpha value is -1.37. The molecule has 3 unspecified atom stereocenters. The third kappa shape index (κ3) is 3.59. The molecule has 1 amide bonds. The molecular weight excluding hydrogens is 258 g/mol. The zero-order valence-corrected chi connectivity index (χ0v) is 12.0. The van der Waals surface area contributed by atoms with Crippen LogP contribution in [0.15, 0.2) is 22.8 Å². The third-order valence-corrected chi connectivity index (χ3v) is 3.71. The summed E-state index contributed by atoms with van der Waals surface area (Å²) < 4.78 is 10.8. The monoisotopic (exact) mass is 281 g/mol. The second-order valence-electron chi connectivity index (χ2n) is 5.21. The van der Waals surface area contributed by atoms with Crippen molar-refractivity contribution in [3.8, 4) is 0 Å². The van der Waals surface area contributed by atoms with Gasteiger partial charge in [0.2, 0.25) is 5.91 Å². The number of ether oxygens (including phenoxy) is 1. The number of nitrogens with zero attached hydrogens (tertiary/aromatic N) is 1. The normalized spacial score (nSPS) is 25.4. The van der Waals surface area contributed by atoms with Gasteiger partial charge in [0.15, 0.2) is 0 Å². The first kappa shape index (κ1) is 15.0. The van der Waals surface area contributed by atoms with Crippen molar-refractivity contribution in [2.24, 2.45) is 5.73 Å². The molecule has 0 radical (unpaired) electrons. The molecule has 0 bridgehead atoms. The molecule has 3 N–H and O–H groups in total. The lowest BCUT2D eigenvalue weighted by atomic mass is 10.1. The van der Waals surface area contributed by atoms with Gasteiger partial charge in [-0.2, -0.15) is 0 Å². The van der Waals surface area contributed by atoms with Crippen LogP contribution in [0.4, 0.5) is 0 Å². The summed E-state index contributed by atoms with van der Waals surface area (Å²) in [6.45, 7) is 6.15. The van der Waals surface area contributed by atoms with E-state index in [1.54, 1.807) is 12.3 Å². The molecule has 0 spiro atoms. The van der Waals surface area contributed by atoms with Gasteiger partial charge in [0.25, 0.3) is 0 Å². The van der Waals surface area contributed by atoms with Crippen molar-refractivity contribution in [1.29, 1.82) is 0 Å². The van der Waals surface area contributed by atoms with Gasteiger partial charge in [-0.1, -0.05) is 0 Å². The predicted molar refractivity (Wildman–Crippen MR) is 75.0 cm³/mol. The molecule has 1 fully saturated rings. The van der Waals surface area contributed by atoms with Crippen molar-refractivity contribution < 1.29 is 13.9 Å². The lowest BCUT2D eigenvalue weighted by Gasteiger charge is -2.40. The minimum absolute atomic E-state index is 0.00604. The Kier molecular flexibility index (Phi) is 5.17. The van der Waals surface area contributed by atoms with Crippen LogP contribution in [-0.4, -0.2) is 48.7 Å². The van der Waals surface area contributed by atoms with E-state index in [9.17, 15) is 4.79 Å². The van der Waals surface area contributed by atoms with Gasteiger partial charge in [-0.25, -0.2) is 0 Å². The first-order chi connectivity index (χ1) is 9.61. The maximum atomic E-state index is 12.2. The second-order valence-corrected chi connectivity index (χ2v) is 5.21. The lowest BCUT2D eigenvalue weighted by molar-refractivity contribution is -0.132. The zero-order chi connectivity index (χ0) is 14.5. The number of hydrogen-bond donors (Lipinski definition) is 2. The Balaban J connectivity index is 1.88. The molecule has 6 nitrogen and oxygen atoms in total. The van der Waals surface area contributed by atoms with E-state index in [2.05, 4.69) is 17.1 Å². The number of carbonyl (C=O) groups is 1. The van der Waals surface area contributed by atoms with E-state index < -0.39 is 0 Å². The number of hydrogen-bond acceptors (Lipinski definition) is 5. The Bertz CT molecular complexity index is 421. The smallest absolute Gasteiger partial charge is 0.237 e. The Labute approximate surface area is 119 Å². The largest absolute Gasteiger partial charge is 0.467 e. The minimum Gasteiger partial charge on any atom is -0.467 e. The molecule has 1 aromatic heterocycles.